The number of amides is 2. The zero-order chi connectivity index (χ0) is 17.6. The second-order valence-electron chi connectivity index (χ2n) is 6.74. The molecule has 2 amide bonds. The van der Waals surface area contributed by atoms with Gasteiger partial charge in [-0.1, -0.05) is 6.42 Å². The lowest BCUT2D eigenvalue weighted by Gasteiger charge is -2.31. The standard InChI is InChI=1S/C18H25F2N3O2/c19-14-9-15(20)11-16(10-14)21-18(24)23-7-4-8-25-17(13-23)12-22-5-2-1-3-6-22/h9-11,17H,1-8,12-13H2,(H,21,24)/t17-/m1/s1. The minimum absolute atomic E-state index is 0.0319. The highest BCUT2D eigenvalue weighted by molar-refractivity contribution is 5.89. The Morgan fingerprint density at radius 2 is 1.80 bits per heavy atom. The highest BCUT2D eigenvalue weighted by atomic mass is 19.1. The Balaban J connectivity index is 1.58. The van der Waals surface area contributed by atoms with Crippen LogP contribution in [-0.4, -0.2) is 61.3 Å². The maximum absolute atomic E-state index is 13.3. The van der Waals surface area contributed by atoms with E-state index in [1.54, 1.807) is 4.90 Å². The summed E-state index contributed by atoms with van der Waals surface area (Å²) in [5, 5.41) is 2.58. The lowest BCUT2D eigenvalue weighted by molar-refractivity contribution is 0.0261. The van der Waals surface area contributed by atoms with Gasteiger partial charge in [-0.3, -0.25) is 0 Å². The van der Waals surface area contributed by atoms with E-state index in [-0.39, 0.29) is 17.8 Å². The van der Waals surface area contributed by atoms with Crippen molar-refractivity contribution in [1.29, 1.82) is 0 Å². The Labute approximate surface area is 146 Å². The monoisotopic (exact) mass is 353 g/mol. The molecule has 1 aromatic rings. The summed E-state index contributed by atoms with van der Waals surface area (Å²) in [6.45, 7) is 4.65. The minimum Gasteiger partial charge on any atom is -0.375 e. The van der Waals surface area contributed by atoms with Crippen LogP contribution < -0.4 is 5.32 Å². The van der Waals surface area contributed by atoms with Crippen molar-refractivity contribution in [1.82, 2.24) is 9.80 Å². The van der Waals surface area contributed by atoms with E-state index in [4.69, 9.17) is 4.74 Å². The third kappa shape index (κ3) is 5.37. The Bertz CT molecular complexity index is 573. The number of nitrogens with zero attached hydrogens (tertiary/aromatic N) is 2. The topological polar surface area (TPSA) is 44.8 Å². The predicted molar refractivity (Wildman–Crippen MR) is 91.6 cm³/mol. The van der Waals surface area contributed by atoms with Crippen LogP contribution >= 0.6 is 0 Å². The van der Waals surface area contributed by atoms with E-state index in [0.29, 0.717) is 19.7 Å². The number of hydrogen-bond acceptors (Lipinski definition) is 3. The SMILES string of the molecule is O=C(Nc1cc(F)cc(F)c1)N1CCCO[C@H](CN2CCCCC2)C1. The lowest BCUT2D eigenvalue weighted by Crippen LogP contribution is -2.45. The quantitative estimate of drug-likeness (QED) is 0.908. The number of nitrogens with one attached hydrogen (secondary N) is 1. The van der Waals surface area contributed by atoms with Crippen molar-refractivity contribution in [3.05, 3.63) is 29.8 Å². The fourth-order valence-corrected chi connectivity index (χ4v) is 3.45. The number of carbonyl (C=O) groups is 1. The van der Waals surface area contributed by atoms with Crippen LogP contribution in [0.3, 0.4) is 0 Å². The number of rotatable bonds is 3. The van der Waals surface area contributed by atoms with Gasteiger partial charge < -0.3 is 19.9 Å². The molecule has 2 aliphatic heterocycles. The first-order chi connectivity index (χ1) is 12.1. The number of benzene rings is 1. The zero-order valence-electron chi connectivity index (χ0n) is 14.3. The van der Waals surface area contributed by atoms with Crippen molar-refractivity contribution in [3.8, 4) is 0 Å². The molecule has 1 atom stereocenters. The summed E-state index contributed by atoms with van der Waals surface area (Å²) in [5.74, 6) is -1.42. The maximum Gasteiger partial charge on any atom is 0.321 e. The van der Waals surface area contributed by atoms with Crippen LogP contribution in [0.1, 0.15) is 25.7 Å². The summed E-state index contributed by atoms with van der Waals surface area (Å²) >= 11 is 0. The van der Waals surface area contributed by atoms with Gasteiger partial charge in [0.2, 0.25) is 0 Å². The lowest BCUT2D eigenvalue weighted by atomic mass is 10.1. The molecular weight excluding hydrogens is 328 g/mol. The predicted octanol–water partition coefficient (Wildman–Crippen LogP) is 3.07. The zero-order valence-corrected chi connectivity index (χ0v) is 14.3. The van der Waals surface area contributed by atoms with Crippen LogP contribution in [0.4, 0.5) is 19.3 Å². The minimum atomic E-state index is -0.711. The summed E-state index contributed by atoms with van der Waals surface area (Å²) in [7, 11) is 0. The molecular formula is C18H25F2N3O2. The first-order valence-corrected chi connectivity index (χ1v) is 8.96. The van der Waals surface area contributed by atoms with E-state index >= 15 is 0 Å². The van der Waals surface area contributed by atoms with Gasteiger partial charge in [-0.25, -0.2) is 13.6 Å². The number of hydrogen-bond donors (Lipinski definition) is 1. The molecule has 25 heavy (non-hydrogen) atoms. The third-order valence-electron chi connectivity index (χ3n) is 4.66. The van der Waals surface area contributed by atoms with E-state index in [9.17, 15) is 13.6 Å². The Morgan fingerprint density at radius 3 is 2.52 bits per heavy atom. The summed E-state index contributed by atoms with van der Waals surface area (Å²) in [6.07, 6.45) is 4.42. The van der Waals surface area contributed by atoms with Crippen molar-refractivity contribution in [3.63, 3.8) is 0 Å². The summed E-state index contributed by atoms with van der Waals surface area (Å²) in [4.78, 5) is 16.5. The van der Waals surface area contributed by atoms with E-state index < -0.39 is 11.6 Å². The number of ether oxygens (including phenoxy) is 1. The Morgan fingerprint density at radius 1 is 1.08 bits per heavy atom. The molecule has 138 valence electrons. The number of likely N-dealkylation sites (tertiary alicyclic amines) is 1. The van der Waals surface area contributed by atoms with Crippen LogP contribution in [0.2, 0.25) is 0 Å². The average Bonchev–Trinajstić information content (AvgIpc) is 2.80. The number of piperidine rings is 1. The molecule has 0 aliphatic carbocycles. The van der Waals surface area contributed by atoms with Crippen molar-refractivity contribution in [2.45, 2.75) is 31.8 Å². The van der Waals surface area contributed by atoms with Crippen LogP contribution in [0.25, 0.3) is 0 Å². The van der Waals surface area contributed by atoms with Gasteiger partial charge in [0.05, 0.1) is 6.10 Å². The van der Waals surface area contributed by atoms with Crippen LogP contribution in [0.15, 0.2) is 18.2 Å². The summed E-state index contributed by atoms with van der Waals surface area (Å²) < 4.78 is 32.4. The first kappa shape index (κ1) is 18.1. The smallest absolute Gasteiger partial charge is 0.321 e. The van der Waals surface area contributed by atoms with Gasteiger partial charge in [0.25, 0.3) is 0 Å². The first-order valence-electron chi connectivity index (χ1n) is 8.96. The molecule has 0 unspecified atom stereocenters. The number of urea groups is 1. The van der Waals surface area contributed by atoms with E-state index in [1.807, 2.05) is 0 Å². The van der Waals surface area contributed by atoms with Crippen molar-refractivity contribution >= 4 is 11.7 Å². The number of carbonyl (C=O) groups excluding carboxylic acids is 1. The molecule has 0 aromatic heterocycles. The second-order valence-corrected chi connectivity index (χ2v) is 6.74. The van der Waals surface area contributed by atoms with E-state index in [0.717, 1.165) is 44.3 Å². The molecule has 7 heteroatoms. The molecule has 2 saturated heterocycles. The van der Waals surface area contributed by atoms with Crippen LogP contribution in [-0.2, 0) is 4.74 Å². The molecule has 0 spiro atoms. The molecule has 0 saturated carbocycles. The molecule has 2 aliphatic rings. The van der Waals surface area contributed by atoms with Gasteiger partial charge in [0.15, 0.2) is 0 Å². The van der Waals surface area contributed by atoms with Gasteiger partial charge >= 0.3 is 6.03 Å². The number of anilines is 1. The molecule has 0 radical (unpaired) electrons. The molecule has 3 rings (SSSR count). The summed E-state index contributed by atoms with van der Waals surface area (Å²) in [6, 6.07) is 2.66. The Kier molecular flexibility index (Phi) is 6.20. The van der Waals surface area contributed by atoms with Crippen molar-refractivity contribution < 1.29 is 18.3 Å². The third-order valence-corrected chi connectivity index (χ3v) is 4.66. The molecule has 5 nitrogen and oxygen atoms in total. The summed E-state index contributed by atoms with van der Waals surface area (Å²) in [5.41, 5.74) is 0.125. The molecule has 2 heterocycles. The van der Waals surface area contributed by atoms with Crippen molar-refractivity contribution in [2.75, 3.05) is 44.6 Å². The normalized spacial score (nSPS) is 22.5. The molecule has 2 fully saturated rings. The average molecular weight is 353 g/mol. The maximum atomic E-state index is 13.3. The highest BCUT2D eigenvalue weighted by Gasteiger charge is 2.25. The van der Waals surface area contributed by atoms with E-state index in [2.05, 4.69) is 10.2 Å². The largest absolute Gasteiger partial charge is 0.375 e. The molecule has 1 aromatic carbocycles. The van der Waals surface area contributed by atoms with E-state index in [1.165, 1.54) is 19.3 Å². The van der Waals surface area contributed by atoms with Crippen LogP contribution in [0.5, 0.6) is 0 Å². The highest BCUT2D eigenvalue weighted by Crippen LogP contribution is 2.16. The van der Waals surface area contributed by atoms with Gasteiger partial charge in [-0.05, 0) is 44.5 Å². The second kappa shape index (κ2) is 8.58. The van der Waals surface area contributed by atoms with Gasteiger partial charge in [0, 0.05) is 38.0 Å². The fourth-order valence-electron chi connectivity index (χ4n) is 3.45. The Hall–Kier alpha value is -1.73. The fraction of sp³-hybridized carbons (Fsp3) is 0.611. The van der Waals surface area contributed by atoms with Crippen LogP contribution in [0, 0.1) is 11.6 Å². The molecule has 1 N–H and O–H groups in total. The molecule has 0 bridgehead atoms. The van der Waals surface area contributed by atoms with Gasteiger partial charge in [-0.2, -0.15) is 0 Å². The van der Waals surface area contributed by atoms with Gasteiger partial charge in [0.1, 0.15) is 11.6 Å². The van der Waals surface area contributed by atoms with Gasteiger partial charge in [-0.15, -0.1) is 0 Å². The van der Waals surface area contributed by atoms with Crippen molar-refractivity contribution in [2.24, 2.45) is 0 Å². The number of halogens is 2.